The Morgan fingerprint density at radius 1 is 1.29 bits per heavy atom. The Kier molecular flexibility index (Phi) is 3.55. The number of nitro benzene ring substituents is 1. The zero-order chi connectivity index (χ0) is 15.0. The largest absolute Gasteiger partial charge is 0.508 e. The summed E-state index contributed by atoms with van der Waals surface area (Å²) >= 11 is 3.37. The highest BCUT2D eigenvalue weighted by Gasteiger charge is 2.23. The molecule has 5 nitrogen and oxygen atoms in total. The van der Waals surface area contributed by atoms with Crippen LogP contribution in [0.3, 0.4) is 0 Å². The van der Waals surface area contributed by atoms with E-state index in [1.165, 1.54) is 12.1 Å². The molecule has 0 radical (unpaired) electrons. The number of hydrogen-bond acceptors (Lipinski definition) is 4. The predicted molar refractivity (Wildman–Crippen MR) is 83.6 cm³/mol. The first kappa shape index (κ1) is 13.9. The molecule has 1 unspecified atom stereocenters. The van der Waals surface area contributed by atoms with Crippen LogP contribution < -0.4 is 5.32 Å². The average molecular weight is 349 g/mol. The zero-order valence-electron chi connectivity index (χ0n) is 11.0. The van der Waals surface area contributed by atoms with Crippen LogP contribution in [0, 0.1) is 10.1 Å². The van der Waals surface area contributed by atoms with Crippen LogP contribution in [0.4, 0.5) is 11.4 Å². The third kappa shape index (κ3) is 2.71. The molecule has 6 heteroatoms. The maximum absolute atomic E-state index is 10.7. The Labute approximate surface area is 129 Å². The number of aryl methyl sites for hydroxylation is 1. The van der Waals surface area contributed by atoms with E-state index in [1.54, 1.807) is 18.2 Å². The highest BCUT2D eigenvalue weighted by atomic mass is 79.9. The predicted octanol–water partition coefficient (Wildman–Crippen LogP) is 4.16. The maximum Gasteiger partial charge on any atom is 0.270 e. The lowest BCUT2D eigenvalue weighted by molar-refractivity contribution is -0.384. The van der Waals surface area contributed by atoms with Crippen LogP contribution >= 0.6 is 15.9 Å². The molecule has 0 aliphatic heterocycles. The Morgan fingerprint density at radius 2 is 2.10 bits per heavy atom. The Balaban J connectivity index is 1.84. The van der Waals surface area contributed by atoms with Gasteiger partial charge < -0.3 is 10.4 Å². The van der Waals surface area contributed by atoms with Gasteiger partial charge in [0.05, 0.1) is 11.0 Å². The number of benzene rings is 2. The smallest absolute Gasteiger partial charge is 0.270 e. The average Bonchev–Trinajstić information content (AvgIpc) is 2.83. The summed E-state index contributed by atoms with van der Waals surface area (Å²) in [6, 6.07) is 10.2. The Morgan fingerprint density at radius 3 is 2.81 bits per heavy atom. The van der Waals surface area contributed by atoms with E-state index in [9.17, 15) is 15.2 Å². The fourth-order valence-corrected chi connectivity index (χ4v) is 3.16. The molecule has 0 heterocycles. The second kappa shape index (κ2) is 5.37. The van der Waals surface area contributed by atoms with Crippen molar-refractivity contribution in [3.8, 4) is 5.75 Å². The van der Waals surface area contributed by atoms with Crippen LogP contribution in [0.2, 0.25) is 0 Å². The highest BCUT2D eigenvalue weighted by molar-refractivity contribution is 9.10. The Hall–Kier alpha value is -2.08. The molecule has 0 bridgehead atoms. The monoisotopic (exact) mass is 348 g/mol. The van der Waals surface area contributed by atoms with Crippen molar-refractivity contribution >= 4 is 27.3 Å². The Bertz CT molecular complexity index is 718. The summed E-state index contributed by atoms with van der Waals surface area (Å²) in [4.78, 5) is 10.3. The number of non-ortho nitro benzene ring substituents is 1. The van der Waals surface area contributed by atoms with Gasteiger partial charge in [-0.2, -0.15) is 0 Å². The summed E-state index contributed by atoms with van der Waals surface area (Å²) in [7, 11) is 0. The summed E-state index contributed by atoms with van der Waals surface area (Å²) in [5.41, 5.74) is 3.19. The van der Waals surface area contributed by atoms with E-state index < -0.39 is 4.92 Å². The quantitative estimate of drug-likeness (QED) is 0.644. The number of fused-ring (bicyclic) bond motifs is 1. The number of phenolic OH excluding ortho intramolecular Hbond substituents is 1. The molecule has 2 N–H and O–H groups in total. The molecule has 0 aromatic heterocycles. The van der Waals surface area contributed by atoms with Crippen LogP contribution in [0.1, 0.15) is 23.6 Å². The van der Waals surface area contributed by atoms with Gasteiger partial charge >= 0.3 is 0 Å². The van der Waals surface area contributed by atoms with E-state index >= 15 is 0 Å². The van der Waals surface area contributed by atoms with Crippen LogP contribution in [-0.4, -0.2) is 10.0 Å². The molecular formula is C15H13BrN2O3. The second-order valence-corrected chi connectivity index (χ2v) is 5.89. The lowest BCUT2D eigenvalue weighted by Crippen LogP contribution is -2.07. The number of nitro groups is 1. The summed E-state index contributed by atoms with van der Waals surface area (Å²) in [6.45, 7) is 0. The molecule has 0 saturated carbocycles. The summed E-state index contributed by atoms with van der Waals surface area (Å²) in [5.74, 6) is 0.283. The number of rotatable bonds is 3. The standard InChI is InChI=1S/C15H13BrN2O3/c16-13-8-10(18(20)21)2-6-15(13)17-14-5-1-9-7-11(19)3-4-12(9)14/h2-4,6-8,14,17,19H,1,5H2. The van der Waals surface area contributed by atoms with Crippen molar-refractivity contribution in [1.29, 1.82) is 0 Å². The van der Waals surface area contributed by atoms with Crippen LogP contribution in [0.5, 0.6) is 5.75 Å². The van der Waals surface area contributed by atoms with E-state index in [-0.39, 0.29) is 17.5 Å². The molecule has 1 aliphatic carbocycles. The van der Waals surface area contributed by atoms with Gasteiger partial charge in [0.15, 0.2) is 0 Å². The van der Waals surface area contributed by atoms with Gasteiger partial charge in [-0.05, 0) is 58.1 Å². The van der Waals surface area contributed by atoms with Crippen molar-refractivity contribution in [2.75, 3.05) is 5.32 Å². The number of hydrogen-bond donors (Lipinski definition) is 2. The molecule has 0 amide bonds. The number of anilines is 1. The summed E-state index contributed by atoms with van der Waals surface area (Å²) in [6.07, 6.45) is 1.84. The van der Waals surface area contributed by atoms with Gasteiger partial charge in [-0.3, -0.25) is 10.1 Å². The SMILES string of the molecule is O=[N+]([O-])c1ccc(NC2CCc3cc(O)ccc32)c(Br)c1. The lowest BCUT2D eigenvalue weighted by atomic mass is 10.1. The number of aromatic hydroxyl groups is 1. The minimum atomic E-state index is -0.414. The fraction of sp³-hybridized carbons (Fsp3) is 0.200. The zero-order valence-corrected chi connectivity index (χ0v) is 12.6. The molecule has 0 saturated heterocycles. The number of nitrogens with one attached hydrogen (secondary N) is 1. The molecule has 2 aromatic rings. The molecule has 0 fully saturated rings. The van der Waals surface area contributed by atoms with E-state index in [0.717, 1.165) is 29.7 Å². The first-order chi connectivity index (χ1) is 10.0. The molecule has 3 rings (SSSR count). The molecule has 21 heavy (non-hydrogen) atoms. The van der Waals surface area contributed by atoms with Gasteiger partial charge in [-0.15, -0.1) is 0 Å². The van der Waals surface area contributed by atoms with Crippen molar-refractivity contribution in [1.82, 2.24) is 0 Å². The topological polar surface area (TPSA) is 75.4 Å². The summed E-state index contributed by atoms with van der Waals surface area (Å²) < 4.78 is 0.670. The van der Waals surface area contributed by atoms with Gasteiger partial charge in [-0.1, -0.05) is 6.07 Å². The van der Waals surface area contributed by atoms with E-state index in [0.29, 0.717) is 4.47 Å². The third-order valence-corrected chi connectivity index (χ3v) is 4.35. The van der Waals surface area contributed by atoms with Gasteiger partial charge in [0, 0.05) is 22.3 Å². The minimum absolute atomic E-state index is 0.0594. The number of phenols is 1. The van der Waals surface area contributed by atoms with Gasteiger partial charge in [0.2, 0.25) is 0 Å². The first-order valence-electron chi connectivity index (χ1n) is 6.57. The first-order valence-corrected chi connectivity index (χ1v) is 7.36. The lowest BCUT2D eigenvalue weighted by Gasteiger charge is -2.16. The molecule has 1 atom stereocenters. The second-order valence-electron chi connectivity index (χ2n) is 5.04. The molecule has 1 aliphatic rings. The van der Waals surface area contributed by atoms with E-state index in [2.05, 4.69) is 21.2 Å². The summed E-state index contributed by atoms with van der Waals surface area (Å²) in [5, 5.41) is 23.7. The highest BCUT2D eigenvalue weighted by Crippen LogP contribution is 2.37. The maximum atomic E-state index is 10.7. The van der Waals surface area contributed by atoms with Crippen molar-refractivity contribution in [3.63, 3.8) is 0 Å². The van der Waals surface area contributed by atoms with Gasteiger partial charge in [0.25, 0.3) is 5.69 Å². The minimum Gasteiger partial charge on any atom is -0.508 e. The number of nitrogens with zero attached hydrogens (tertiary/aromatic N) is 1. The van der Waals surface area contributed by atoms with Crippen LogP contribution in [-0.2, 0) is 6.42 Å². The van der Waals surface area contributed by atoms with Crippen molar-refractivity contribution in [3.05, 3.63) is 62.1 Å². The molecular weight excluding hydrogens is 336 g/mol. The molecule has 108 valence electrons. The van der Waals surface area contributed by atoms with Crippen LogP contribution in [0.15, 0.2) is 40.9 Å². The normalized spacial score (nSPS) is 16.5. The van der Waals surface area contributed by atoms with E-state index in [4.69, 9.17) is 0 Å². The molecule has 0 spiro atoms. The number of halogens is 1. The fourth-order valence-electron chi connectivity index (χ4n) is 2.68. The van der Waals surface area contributed by atoms with Crippen molar-refractivity contribution in [2.24, 2.45) is 0 Å². The third-order valence-electron chi connectivity index (χ3n) is 3.70. The van der Waals surface area contributed by atoms with Gasteiger partial charge in [0.1, 0.15) is 5.75 Å². The van der Waals surface area contributed by atoms with Crippen molar-refractivity contribution < 1.29 is 10.0 Å². The van der Waals surface area contributed by atoms with Gasteiger partial charge in [-0.25, -0.2) is 0 Å². The van der Waals surface area contributed by atoms with Crippen molar-refractivity contribution in [2.45, 2.75) is 18.9 Å². The van der Waals surface area contributed by atoms with Crippen LogP contribution in [0.25, 0.3) is 0 Å². The van der Waals surface area contributed by atoms with E-state index in [1.807, 2.05) is 6.07 Å². The molecule has 2 aromatic carbocycles.